The predicted molar refractivity (Wildman–Crippen MR) is 75.9 cm³/mol. The topological polar surface area (TPSA) is 50.3 Å². The lowest BCUT2D eigenvalue weighted by Crippen LogP contribution is -2.31. The fourth-order valence-electron chi connectivity index (χ4n) is 2.59. The lowest BCUT2D eigenvalue weighted by molar-refractivity contribution is 0.0924. The number of carbonyl (C=O) groups excluding carboxylic acids is 2. The van der Waals surface area contributed by atoms with E-state index in [1.54, 1.807) is 12.1 Å². The summed E-state index contributed by atoms with van der Waals surface area (Å²) in [6.45, 7) is 3.92. The number of aromatic nitrogens is 1. The fourth-order valence-corrected chi connectivity index (χ4v) is 2.59. The number of aryl methyl sites for hydroxylation is 2. The minimum Gasteiger partial charge on any atom is -0.268 e. The average molecular weight is 266 g/mol. The second kappa shape index (κ2) is 4.56. The zero-order chi connectivity index (χ0) is 14.3. The molecule has 0 saturated heterocycles. The van der Waals surface area contributed by atoms with Gasteiger partial charge in [0.2, 0.25) is 0 Å². The molecule has 0 saturated carbocycles. The first-order valence-corrected chi connectivity index (χ1v) is 6.57. The minimum absolute atomic E-state index is 0.239. The summed E-state index contributed by atoms with van der Waals surface area (Å²) in [4.78, 5) is 30.3. The summed E-state index contributed by atoms with van der Waals surface area (Å²) in [6, 6.07) is 9.11. The van der Waals surface area contributed by atoms with Crippen molar-refractivity contribution in [3.8, 4) is 0 Å². The molecule has 4 heteroatoms. The monoisotopic (exact) mass is 266 g/mol. The quantitative estimate of drug-likeness (QED) is 0.785. The Hall–Kier alpha value is -2.49. The van der Waals surface area contributed by atoms with E-state index in [1.165, 1.54) is 11.1 Å². The largest absolute Gasteiger partial charge is 0.284 e. The Labute approximate surface area is 117 Å². The Morgan fingerprint density at radius 1 is 1.10 bits per heavy atom. The van der Waals surface area contributed by atoms with Crippen LogP contribution in [0.4, 0.5) is 5.69 Å². The molecule has 3 rings (SSSR count). The number of nitrogens with zero attached hydrogens (tertiary/aromatic N) is 2. The van der Waals surface area contributed by atoms with Crippen molar-refractivity contribution in [2.75, 3.05) is 4.90 Å². The maximum Gasteiger partial charge on any atom is 0.284 e. The van der Waals surface area contributed by atoms with Gasteiger partial charge in [0.15, 0.2) is 0 Å². The molecule has 1 aliphatic heterocycles. The molecule has 0 atom stereocenters. The van der Waals surface area contributed by atoms with E-state index in [4.69, 9.17) is 0 Å². The highest BCUT2D eigenvalue weighted by Crippen LogP contribution is 2.32. The minimum atomic E-state index is -0.338. The van der Waals surface area contributed by atoms with E-state index in [1.807, 2.05) is 32.0 Å². The summed E-state index contributed by atoms with van der Waals surface area (Å²) < 4.78 is 0. The van der Waals surface area contributed by atoms with Crippen LogP contribution >= 0.6 is 0 Å². The van der Waals surface area contributed by atoms with Crippen LogP contribution in [0.25, 0.3) is 0 Å². The molecule has 20 heavy (non-hydrogen) atoms. The van der Waals surface area contributed by atoms with Gasteiger partial charge in [-0.05, 0) is 36.6 Å². The zero-order valence-corrected chi connectivity index (χ0v) is 11.4. The lowest BCUT2D eigenvalue weighted by Gasteiger charge is -2.19. The van der Waals surface area contributed by atoms with E-state index in [0.717, 1.165) is 17.5 Å². The van der Waals surface area contributed by atoms with Gasteiger partial charge in [-0.3, -0.25) is 14.6 Å². The highest BCUT2D eigenvalue weighted by atomic mass is 16.2. The molecule has 0 spiro atoms. The third-order valence-electron chi connectivity index (χ3n) is 3.57. The molecule has 1 aromatic heterocycles. The van der Waals surface area contributed by atoms with Crippen LogP contribution in [0.2, 0.25) is 0 Å². The van der Waals surface area contributed by atoms with Crippen molar-refractivity contribution >= 4 is 17.5 Å². The van der Waals surface area contributed by atoms with Gasteiger partial charge in [-0.2, -0.15) is 0 Å². The van der Waals surface area contributed by atoms with Crippen LogP contribution in [0, 0.1) is 6.92 Å². The fraction of sp³-hybridized carbons (Fsp3) is 0.188. The number of fused-ring (bicyclic) bond motifs is 1. The summed E-state index contributed by atoms with van der Waals surface area (Å²) in [6.07, 6.45) is 2.30. The summed E-state index contributed by atoms with van der Waals surface area (Å²) in [7, 11) is 0. The van der Waals surface area contributed by atoms with Crippen molar-refractivity contribution in [2.45, 2.75) is 20.3 Å². The molecule has 1 aromatic carbocycles. The summed E-state index contributed by atoms with van der Waals surface area (Å²) in [5.41, 5.74) is 3.21. The molecule has 0 N–H and O–H groups in total. The van der Waals surface area contributed by atoms with Gasteiger partial charge >= 0.3 is 0 Å². The predicted octanol–water partition coefficient (Wildman–Crippen LogP) is 2.75. The van der Waals surface area contributed by atoms with E-state index in [-0.39, 0.29) is 17.5 Å². The third-order valence-corrected chi connectivity index (χ3v) is 3.57. The molecule has 100 valence electrons. The van der Waals surface area contributed by atoms with Gasteiger partial charge in [0.05, 0.1) is 11.3 Å². The zero-order valence-electron chi connectivity index (χ0n) is 11.4. The van der Waals surface area contributed by atoms with E-state index in [0.29, 0.717) is 11.3 Å². The number of imide groups is 1. The Balaban J connectivity index is 2.19. The molecule has 4 nitrogen and oxygen atoms in total. The van der Waals surface area contributed by atoms with E-state index >= 15 is 0 Å². The van der Waals surface area contributed by atoms with Gasteiger partial charge in [0, 0.05) is 6.20 Å². The highest BCUT2D eigenvalue weighted by molar-refractivity contribution is 6.34. The Kier molecular flexibility index (Phi) is 2.86. The van der Waals surface area contributed by atoms with Crippen LogP contribution in [0.3, 0.4) is 0 Å². The van der Waals surface area contributed by atoms with Gasteiger partial charge in [-0.25, -0.2) is 4.90 Å². The number of anilines is 1. The van der Waals surface area contributed by atoms with Crippen molar-refractivity contribution in [2.24, 2.45) is 0 Å². The van der Waals surface area contributed by atoms with Gasteiger partial charge < -0.3 is 0 Å². The second-order valence-corrected chi connectivity index (χ2v) is 4.78. The van der Waals surface area contributed by atoms with Gasteiger partial charge in [0.1, 0.15) is 5.69 Å². The highest BCUT2D eigenvalue weighted by Gasteiger charge is 2.39. The van der Waals surface area contributed by atoms with Crippen LogP contribution in [-0.2, 0) is 6.42 Å². The van der Waals surface area contributed by atoms with E-state index in [2.05, 4.69) is 4.98 Å². The summed E-state index contributed by atoms with van der Waals surface area (Å²) >= 11 is 0. The van der Waals surface area contributed by atoms with E-state index in [9.17, 15) is 9.59 Å². The van der Waals surface area contributed by atoms with Gasteiger partial charge in [0.25, 0.3) is 11.8 Å². The Bertz CT molecular complexity index is 687. The molecule has 0 fully saturated rings. The maximum atomic E-state index is 12.5. The Morgan fingerprint density at radius 2 is 1.90 bits per heavy atom. The molecule has 2 heterocycles. The van der Waals surface area contributed by atoms with Crippen molar-refractivity contribution in [3.05, 3.63) is 58.9 Å². The van der Waals surface area contributed by atoms with Crippen LogP contribution in [0.15, 0.2) is 36.5 Å². The number of benzene rings is 1. The SMILES string of the molecule is CCc1cccc(C)c1N1C(=O)c2cccnc2C1=O. The van der Waals surface area contributed by atoms with Crippen LogP contribution in [0.5, 0.6) is 0 Å². The number of para-hydroxylation sites is 1. The van der Waals surface area contributed by atoms with Crippen molar-refractivity contribution in [1.29, 1.82) is 0 Å². The van der Waals surface area contributed by atoms with E-state index < -0.39 is 0 Å². The van der Waals surface area contributed by atoms with Crippen molar-refractivity contribution in [1.82, 2.24) is 4.98 Å². The van der Waals surface area contributed by atoms with Gasteiger partial charge in [-0.1, -0.05) is 25.1 Å². The average Bonchev–Trinajstić information content (AvgIpc) is 2.72. The van der Waals surface area contributed by atoms with Crippen molar-refractivity contribution in [3.63, 3.8) is 0 Å². The second-order valence-electron chi connectivity index (χ2n) is 4.78. The number of hydrogen-bond acceptors (Lipinski definition) is 3. The standard InChI is InChI=1S/C16H14N2O2/c1-3-11-7-4-6-10(2)14(11)18-15(19)12-8-5-9-17-13(12)16(18)20/h4-9H,3H2,1-2H3. The lowest BCUT2D eigenvalue weighted by atomic mass is 10.0. The molecular weight excluding hydrogens is 252 g/mol. The first kappa shape index (κ1) is 12.5. The van der Waals surface area contributed by atoms with Crippen LogP contribution < -0.4 is 4.90 Å². The first-order chi connectivity index (χ1) is 9.65. The van der Waals surface area contributed by atoms with Crippen LogP contribution in [0.1, 0.15) is 38.9 Å². The Morgan fingerprint density at radius 3 is 2.60 bits per heavy atom. The molecular formula is C16H14N2O2. The summed E-state index contributed by atoms with van der Waals surface area (Å²) in [5.74, 6) is -0.628. The normalized spacial score (nSPS) is 13.8. The number of carbonyl (C=O) groups is 2. The maximum absolute atomic E-state index is 12.5. The molecule has 0 radical (unpaired) electrons. The van der Waals surface area contributed by atoms with Gasteiger partial charge in [-0.15, -0.1) is 0 Å². The number of amides is 2. The molecule has 0 bridgehead atoms. The number of rotatable bonds is 2. The third kappa shape index (κ3) is 1.65. The first-order valence-electron chi connectivity index (χ1n) is 6.57. The molecule has 0 aliphatic carbocycles. The van der Waals surface area contributed by atoms with Crippen molar-refractivity contribution < 1.29 is 9.59 Å². The number of pyridine rings is 1. The summed E-state index contributed by atoms with van der Waals surface area (Å²) in [5, 5.41) is 0. The molecule has 1 aliphatic rings. The smallest absolute Gasteiger partial charge is 0.268 e. The molecule has 2 amide bonds. The number of hydrogen-bond donors (Lipinski definition) is 0. The molecule has 0 unspecified atom stereocenters. The van der Waals surface area contributed by atoms with Crippen LogP contribution in [-0.4, -0.2) is 16.8 Å². The molecule has 2 aromatic rings.